The maximum absolute atomic E-state index is 12.4. The zero-order chi connectivity index (χ0) is 15.6. The van der Waals surface area contributed by atoms with Crippen LogP contribution in [0, 0.1) is 0 Å². The van der Waals surface area contributed by atoms with Crippen LogP contribution in [0.15, 0.2) is 24.3 Å². The smallest absolute Gasteiger partial charge is 0.311 e. The topological polar surface area (TPSA) is 83.6 Å². The van der Waals surface area contributed by atoms with Gasteiger partial charge in [-0.05, 0) is 38.3 Å². The molecule has 5 heteroatoms. The summed E-state index contributed by atoms with van der Waals surface area (Å²) in [5, 5.41) is 9.30. The summed E-state index contributed by atoms with van der Waals surface area (Å²) in [6.07, 6.45) is 1.42. The predicted octanol–water partition coefficient (Wildman–Crippen LogP) is 2.11. The third-order valence-corrected chi connectivity index (χ3v) is 3.83. The molecule has 1 aliphatic heterocycles. The van der Waals surface area contributed by atoms with Crippen LogP contribution in [0.1, 0.15) is 44.6 Å². The van der Waals surface area contributed by atoms with E-state index in [1.165, 1.54) is 0 Å². The second kappa shape index (κ2) is 5.85. The van der Waals surface area contributed by atoms with E-state index < -0.39 is 11.9 Å². The highest BCUT2D eigenvalue weighted by atomic mass is 16.4. The van der Waals surface area contributed by atoms with Crippen LogP contribution >= 0.6 is 0 Å². The zero-order valence-electron chi connectivity index (χ0n) is 12.5. The standard InChI is InChI=1S/C16H22N2O3/c1-16(2,17)9-7-14(19)18-10-8-12(15(20)21)11-5-3-4-6-13(11)18/h3-6,12H,7-10,17H2,1-2H3,(H,20,21). The average Bonchev–Trinajstić information content (AvgIpc) is 2.42. The van der Waals surface area contributed by atoms with E-state index in [0.717, 1.165) is 11.3 Å². The molecule has 3 N–H and O–H groups in total. The molecule has 1 amide bonds. The molecule has 1 aliphatic rings. The number of nitrogens with two attached hydrogens (primary N) is 1. The summed E-state index contributed by atoms with van der Waals surface area (Å²) < 4.78 is 0. The number of para-hydroxylation sites is 1. The van der Waals surface area contributed by atoms with E-state index in [1.54, 1.807) is 11.0 Å². The van der Waals surface area contributed by atoms with E-state index in [1.807, 2.05) is 32.0 Å². The number of carbonyl (C=O) groups excluding carboxylic acids is 1. The molecule has 0 saturated carbocycles. The van der Waals surface area contributed by atoms with Gasteiger partial charge in [0.25, 0.3) is 0 Å². The fourth-order valence-electron chi connectivity index (χ4n) is 2.64. The van der Waals surface area contributed by atoms with Crippen LogP contribution in [-0.4, -0.2) is 29.1 Å². The monoisotopic (exact) mass is 290 g/mol. The Morgan fingerprint density at radius 3 is 2.67 bits per heavy atom. The first-order valence-electron chi connectivity index (χ1n) is 7.20. The van der Waals surface area contributed by atoms with Gasteiger partial charge in [0.2, 0.25) is 5.91 Å². The first-order chi connectivity index (χ1) is 9.79. The number of carbonyl (C=O) groups is 2. The Bertz CT molecular complexity index is 549. The molecule has 0 fully saturated rings. The minimum absolute atomic E-state index is 0.00446. The number of rotatable bonds is 4. The van der Waals surface area contributed by atoms with Crippen molar-refractivity contribution >= 4 is 17.6 Å². The summed E-state index contributed by atoms with van der Waals surface area (Å²) in [5.41, 5.74) is 6.98. The van der Waals surface area contributed by atoms with E-state index in [0.29, 0.717) is 25.8 Å². The highest BCUT2D eigenvalue weighted by molar-refractivity contribution is 5.96. The second-order valence-electron chi connectivity index (χ2n) is 6.27. The van der Waals surface area contributed by atoms with Gasteiger partial charge in [-0.15, -0.1) is 0 Å². The van der Waals surface area contributed by atoms with E-state index in [4.69, 9.17) is 5.73 Å². The molecular formula is C16H22N2O3. The summed E-state index contributed by atoms with van der Waals surface area (Å²) in [4.78, 5) is 25.4. The Balaban J connectivity index is 2.21. The highest BCUT2D eigenvalue weighted by Crippen LogP contribution is 2.35. The van der Waals surface area contributed by atoms with E-state index in [2.05, 4.69) is 0 Å². The lowest BCUT2D eigenvalue weighted by atomic mass is 9.89. The number of benzene rings is 1. The van der Waals surface area contributed by atoms with Crippen molar-refractivity contribution < 1.29 is 14.7 Å². The van der Waals surface area contributed by atoms with Crippen LogP contribution in [0.25, 0.3) is 0 Å². The largest absolute Gasteiger partial charge is 0.481 e. The lowest BCUT2D eigenvalue weighted by molar-refractivity contribution is -0.139. The lowest BCUT2D eigenvalue weighted by Gasteiger charge is -2.33. The SMILES string of the molecule is CC(C)(N)CCC(=O)N1CCC(C(=O)O)c2ccccc21. The predicted molar refractivity (Wildman–Crippen MR) is 81.3 cm³/mol. The fraction of sp³-hybridized carbons (Fsp3) is 0.500. The summed E-state index contributed by atoms with van der Waals surface area (Å²) in [6.45, 7) is 4.23. The molecule has 5 nitrogen and oxygen atoms in total. The van der Waals surface area contributed by atoms with Crippen LogP contribution < -0.4 is 10.6 Å². The van der Waals surface area contributed by atoms with Gasteiger partial charge in [0.1, 0.15) is 0 Å². The normalized spacial score (nSPS) is 18.2. The van der Waals surface area contributed by atoms with Crippen molar-refractivity contribution in [3.05, 3.63) is 29.8 Å². The summed E-state index contributed by atoms with van der Waals surface area (Å²) in [6, 6.07) is 7.25. The zero-order valence-corrected chi connectivity index (χ0v) is 12.5. The van der Waals surface area contributed by atoms with Crippen LogP contribution in [-0.2, 0) is 9.59 Å². The molecule has 21 heavy (non-hydrogen) atoms. The van der Waals surface area contributed by atoms with Crippen molar-refractivity contribution in [1.29, 1.82) is 0 Å². The molecule has 114 valence electrons. The van der Waals surface area contributed by atoms with Crippen LogP contribution in [0.3, 0.4) is 0 Å². The Kier molecular flexibility index (Phi) is 4.32. The van der Waals surface area contributed by atoms with Gasteiger partial charge in [-0.1, -0.05) is 18.2 Å². The quantitative estimate of drug-likeness (QED) is 0.889. The van der Waals surface area contributed by atoms with E-state index >= 15 is 0 Å². The van der Waals surface area contributed by atoms with Crippen molar-refractivity contribution in [2.24, 2.45) is 5.73 Å². The minimum Gasteiger partial charge on any atom is -0.481 e. The average molecular weight is 290 g/mol. The lowest BCUT2D eigenvalue weighted by Crippen LogP contribution is -2.40. The summed E-state index contributed by atoms with van der Waals surface area (Å²) in [7, 11) is 0. The molecular weight excluding hydrogens is 268 g/mol. The Labute approximate surface area is 124 Å². The second-order valence-corrected chi connectivity index (χ2v) is 6.27. The van der Waals surface area contributed by atoms with Crippen molar-refractivity contribution in [3.63, 3.8) is 0 Å². The minimum atomic E-state index is -0.836. The number of anilines is 1. The molecule has 1 unspecified atom stereocenters. The van der Waals surface area contributed by atoms with Crippen molar-refractivity contribution in [2.45, 2.75) is 44.6 Å². The van der Waals surface area contributed by atoms with Crippen LogP contribution in [0.2, 0.25) is 0 Å². The van der Waals surface area contributed by atoms with Gasteiger partial charge in [-0.25, -0.2) is 0 Å². The molecule has 0 radical (unpaired) electrons. The van der Waals surface area contributed by atoms with Gasteiger partial charge in [-0.3, -0.25) is 9.59 Å². The first-order valence-corrected chi connectivity index (χ1v) is 7.20. The number of hydrogen-bond acceptors (Lipinski definition) is 3. The Morgan fingerprint density at radius 2 is 2.05 bits per heavy atom. The van der Waals surface area contributed by atoms with Crippen molar-refractivity contribution in [1.82, 2.24) is 0 Å². The summed E-state index contributed by atoms with van der Waals surface area (Å²) in [5.74, 6) is -1.36. The molecule has 0 aromatic heterocycles. The number of carboxylic acid groups (broad SMARTS) is 1. The molecule has 0 aliphatic carbocycles. The number of hydrogen-bond donors (Lipinski definition) is 2. The molecule has 0 saturated heterocycles. The Hall–Kier alpha value is -1.88. The maximum Gasteiger partial charge on any atom is 0.311 e. The van der Waals surface area contributed by atoms with Gasteiger partial charge in [0.15, 0.2) is 0 Å². The number of carboxylic acids is 1. The number of fused-ring (bicyclic) bond motifs is 1. The molecule has 0 spiro atoms. The first kappa shape index (κ1) is 15.5. The van der Waals surface area contributed by atoms with Crippen molar-refractivity contribution in [3.8, 4) is 0 Å². The number of aliphatic carboxylic acids is 1. The van der Waals surface area contributed by atoms with Gasteiger partial charge >= 0.3 is 5.97 Å². The van der Waals surface area contributed by atoms with E-state index in [-0.39, 0.29) is 11.4 Å². The van der Waals surface area contributed by atoms with Crippen LogP contribution in [0.5, 0.6) is 0 Å². The Morgan fingerprint density at radius 1 is 1.38 bits per heavy atom. The van der Waals surface area contributed by atoms with Gasteiger partial charge < -0.3 is 15.7 Å². The highest BCUT2D eigenvalue weighted by Gasteiger charge is 2.32. The molecule has 0 bridgehead atoms. The molecule has 2 rings (SSSR count). The van der Waals surface area contributed by atoms with E-state index in [9.17, 15) is 14.7 Å². The van der Waals surface area contributed by atoms with Gasteiger partial charge in [-0.2, -0.15) is 0 Å². The maximum atomic E-state index is 12.4. The van der Waals surface area contributed by atoms with Gasteiger partial charge in [0.05, 0.1) is 5.92 Å². The third kappa shape index (κ3) is 3.61. The molecule has 1 atom stereocenters. The molecule has 1 heterocycles. The molecule has 1 aromatic carbocycles. The third-order valence-electron chi connectivity index (χ3n) is 3.83. The van der Waals surface area contributed by atoms with Crippen molar-refractivity contribution in [2.75, 3.05) is 11.4 Å². The van der Waals surface area contributed by atoms with Crippen LogP contribution in [0.4, 0.5) is 5.69 Å². The number of nitrogens with zero attached hydrogens (tertiary/aromatic N) is 1. The molecule has 1 aromatic rings. The summed E-state index contributed by atoms with van der Waals surface area (Å²) >= 11 is 0. The van der Waals surface area contributed by atoms with Gasteiger partial charge in [0, 0.05) is 24.2 Å². The number of amides is 1. The fourth-order valence-corrected chi connectivity index (χ4v) is 2.64.